The lowest BCUT2D eigenvalue weighted by Crippen LogP contribution is -2.33. The maximum absolute atomic E-state index is 13.3. The molecule has 0 saturated heterocycles. The molecule has 3 nitrogen and oxygen atoms in total. The highest BCUT2D eigenvalue weighted by molar-refractivity contribution is 9.10. The molecule has 0 fully saturated rings. The zero-order chi connectivity index (χ0) is 13.7. The Bertz CT molecular complexity index is 400. The predicted octanol–water partition coefficient (Wildman–Crippen LogP) is 3.12. The highest BCUT2D eigenvalue weighted by Crippen LogP contribution is 2.17. The van der Waals surface area contributed by atoms with Crippen LogP contribution in [0.1, 0.15) is 25.8 Å². The lowest BCUT2D eigenvalue weighted by Gasteiger charge is -2.26. The monoisotopic (exact) mass is 315 g/mol. The van der Waals surface area contributed by atoms with E-state index in [1.165, 1.54) is 12.1 Å². The minimum atomic E-state index is -0.241. The molecular formula is C13H19BrFN3. The third-order valence-electron chi connectivity index (χ3n) is 2.71. The number of nitrogens with zero attached hydrogens (tertiary/aromatic N) is 1. The molecule has 100 valence electrons. The summed E-state index contributed by atoms with van der Waals surface area (Å²) < 4.78 is 14.0. The van der Waals surface area contributed by atoms with Crippen LogP contribution in [0, 0.1) is 11.2 Å². The van der Waals surface area contributed by atoms with E-state index < -0.39 is 0 Å². The van der Waals surface area contributed by atoms with Crippen molar-refractivity contribution in [3.05, 3.63) is 34.1 Å². The summed E-state index contributed by atoms with van der Waals surface area (Å²) in [4.78, 5) is 2.17. The van der Waals surface area contributed by atoms with Gasteiger partial charge in [-0.3, -0.25) is 10.3 Å². The molecule has 1 aromatic rings. The maximum Gasteiger partial charge on any atom is 0.124 e. The second kappa shape index (κ2) is 6.85. The van der Waals surface area contributed by atoms with Gasteiger partial charge in [0, 0.05) is 30.0 Å². The maximum atomic E-state index is 13.3. The predicted molar refractivity (Wildman–Crippen MR) is 76.2 cm³/mol. The van der Waals surface area contributed by atoms with Crippen LogP contribution < -0.4 is 5.73 Å². The number of amidine groups is 1. The molecule has 1 aromatic carbocycles. The van der Waals surface area contributed by atoms with Crippen molar-refractivity contribution in [3.8, 4) is 0 Å². The van der Waals surface area contributed by atoms with Crippen molar-refractivity contribution in [3.63, 3.8) is 0 Å². The van der Waals surface area contributed by atoms with Gasteiger partial charge in [-0.15, -0.1) is 0 Å². The lowest BCUT2D eigenvalue weighted by atomic mass is 10.1. The zero-order valence-corrected chi connectivity index (χ0v) is 12.3. The molecular weight excluding hydrogens is 297 g/mol. The Morgan fingerprint density at radius 3 is 2.61 bits per heavy atom. The van der Waals surface area contributed by atoms with Gasteiger partial charge in [0.25, 0.3) is 0 Å². The molecule has 18 heavy (non-hydrogen) atoms. The quantitative estimate of drug-likeness (QED) is 0.626. The molecule has 0 spiro atoms. The number of benzene rings is 1. The van der Waals surface area contributed by atoms with Crippen molar-refractivity contribution >= 4 is 21.8 Å². The van der Waals surface area contributed by atoms with Crippen LogP contribution >= 0.6 is 15.9 Å². The average molecular weight is 316 g/mol. The first-order valence-electron chi connectivity index (χ1n) is 5.90. The molecule has 1 rings (SSSR count). The SMILES string of the molecule is CC(C)N(CCC(=N)N)Cc1cc(F)cc(Br)c1. The minimum absolute atomic E-state index is 0.182. The van der Waals surface area contributed by atoms with E-state index >= 15 is 0 Å². The fourth-order valence-corrected chi connectivity index (χ4v) is 2.23. The van der Waals surface area contributed by atoms with Gasteiger partial charge in [-0.2, -0.15) is 0 Å². The molecule has 0 amide bonds. The molecule has 0 atom stereocenters. The van der Waals surface area contributed by atoms with E-state index in [1.807, 2.05) is 6.07 Å². The van der Waals surface area contributed by atoms with Gasteiger partial charge in [0.15, 0.2) is 0 Å². The number of hydrogen-bond donors (Lipinski definition) is 2. The number of halogens is 2. The molecule has 0 saturated carbocycles. The standard InChI is InChI=1S/C13H19BrFN3/c1-9(2)18(4-3-13(16)17)8-10-5-11(14)7-12(15)6-10/h5-7,9H,3-4,8H2,1-2H3,(H3,16,17). The zero-order valence-electron chi connectivity index (χ0n) is 10.7. The second-order valence-corrected chi connectivity index (χ2v) is 5.53. The summed E-state index contributed by atoms with van der Waals surface area (Å²) in [5, 5.41) is 7.26. The molecule has 0 aliphatic rings. The first-order chi connectivity index (χ1) is 8.38. The normalized spacial score (nSPS) is 11.2. The highest BCUT2D eigenvalue weighted by Gasteiger charge is 2.11. The van der Waals surface area contributed by atoms with Crippen LogP contribution in [-0.2, 0) is 6.54 Å². The van der Waals surface area contributed by atoms with Crippen molar-refractivity contribution in [2.45, 2.75) is 32.9 Å². The smallest absolute Gasteiger partial charge is 0.124 e. The minimum Gasteiger partial charge on any atom is -0.388 e. The van der Waals surface area contributed by atoms with Crippen LogP contribution in [0.2, 0.25) is 0 Å². The molecule has 0 bridgehead atoms. The van der Waals surface area contributed by atoms with Crippen LogP contribution in [-0.4, -0.2) is 23.3 Å². The van der Waals surface area contributed by atoms with Crippen molar-refractivity contribution in [1.82, 2.24) is 4.90 Å². The topological polar surface area (TPSA) is 53.1 Å². The van der Waals surface area contributed by atoms with Crippen molar-refractivity contribution < 1.29 is 4.39 Å². The molecule has 3 N–H and O–H groups in total. The van der Waals surface area contributed by atoms with Crippen LogP contribution in [0.15, 0.2) is 22.7 Å². The van der Waals surface area contributed by atoms with E-state index in [4.69, 9.17) is 11.1 Å². The van der Waals surface area contributed by atoms with Crippen LogP contribution in [0.4, 0.5) is 4.39 Å². The Balaban J connectivity index is 2.73. The lowest BCUT2D eigenvalue weighted by molar-refractivity contribution is 0.218. The molecule has 0 aliphatic carbocycles. The third-order valence-corrected chi connectivity index (χ3v) is 3.16. The van der Waals surface area contributed by atoms with E-state index in [0.29, 0.717) is 25.6 Å². The Morgan fingerprint density at radius 1 is 1.44 bits per heavy atom. The van der Waals surface area contributed by atoms with Gasteiger partial charge in [-0.25, -0.2) is 4.39 Å². The Labute approximate surface area is 116 Å². The summed E-state index contributed by atoms with van der Waals surface area (Å²) >= 11 is 3.29. The van der Waals surface area contributed by atoms with E-state index in [-0.39, 0.29) is 11.7 Å². The van der Waals surface area contributed by atoms with Crippen molar-refractivity contribution in [2.24, 2.45) is 5.73 Å². The van der Waals surface area contributed by atoms with Gasteiger partial charge >= 0.3 is 0 Å². The van der Waals surface area contributed by atoms with Gasteiger partial charge in [0.2, 0.25) is 0 Å². The molecule has 0 unspecified atom stereocenters. The molecule has 0 heterocycles. The molecule has 0 radical (unpaired) electrons. The highest BCUT2D eigenvalue weighted by atomic mass is 79.9. The van der Waals surface area contributed by atoms with Crippen LogP contribution in [0.5, 0.6) is 0 Å². The van der Waals surface area contributed by atoms with E-state index in [1.54, 1.807) is 0 Å². The fraction of sp³-hybridized carbons (Fsp3) is 0.462. The summed E-state index contributed by atoms with van der Waals surface area (Å²) in [6.07, 6.45) is 0.536. The number of rotatable bonds is 6. The summed E-state index contributed by atoms with van der Waals surface area (Å²) in [5.41, 5.74) is 6.29. The first-order valence-corrected chi connectivity index (χ1v) is 6.69. The summed E-state index contributed by atoms with van der Waals surface area (Å²) in [6, 6.07) is 5.21. The van der Waals surface area contributed by atoms with Crippen molar-refractivity contribution in [1.29, 1.82) is 5.41 Å². The third kappa shape index (κ3) is 5.14. The van der Waals surface area contributed by atoms with Crippen LogP contribution in [0.25, 0.3) is 0 Å². The Hall–Kier alpha value is -0.940. The largest absolute Gasteiger partial charge is 0.388 e. The average Bonchev–Trinajstić information content (AvgIpc) is 2.22. The number of nitrogens with one attached hydrogen (secondary N) is 1. The molecule has 0 aliphatic heterocycles. The molecule has 5 heteroatoms. The number of hydrogen-bond acceptors (Lipinski definition) is 2. The molecule has 0 aromatic heterocycles. The van der Waals surface area contributed by atoms with Crippen LogP contribution in [0.3, 0.4) is 0 Å². The van der Waals surface area contributed by atoms with Gasteiger partial charge in [0.05, 0.1) is 5.84 Å². The summed E-state index contributed by atoms with van der Waals surface area (Å²) in [5.74, 6) is -0.0595. The van der Waals surface area contributed by atoms with Crippen molar-refractivity contribution in [2.75, 3.05) is 6.54 Å². The Morgan fingerprint density at radius 2 is 2.11 bits per heavy atom. The first kappa shape index (κ1) is 15.1. The van der Waals surface area contributed by atoms with Gasteiger partial charge in [0.1, 0.15) is 5.82 Å². The second-order valence-electron chi connectivity index (χ2n) is 4.62. The number of nitrogens with two attached hydrogens (primary N) is 1. The fourth-order valence-electron chi connectivity index (χ4n) is 1.72. The van der Waals surface area contributed by atoms with Gasteiger partial charge < -0.3 is 5.73 Å². The Kier molecular flexibility index (Phi) is 5.75. The van der Waals surface area contributed by atoms with E-state index in [0.717, 1.165) is 10.0 Å². The van der Waals surface area contributed by atoms with Gasteiger partial charge in [-0.1, -0.05) is 15.9 Å². The van der Waals surface area contributed by atoms with Gasteiger partial charge in [-0.05, 0) is 37.6 Å². The van der Waals surface area contributed by atoms with E-state index in [9.17, 15) is 4.39 Å². The summed E-state index contributed by atoms with van der Waals surface area (Å²) in [7, 11) is 0. The van der Waals surface area contributed by atoms with E-state index in [2.05, 4.69) is 34.7 Å². The summed E-state index contributed by atoms with van der Waals surface area (Å²) in [6.45, 7) is 5.52.